The molecule has 3 N–H and O–H groups in total. The van der Waals surface area contributed by atoms with Gasteiger partial charge in [-0.05, 0) is 43.2 Å². The van der Waals surface area contributed by atoms with Gasteiger partial charge in [0.15, 0.2) is 0 Å². The Morgan fingerprint density at radius 3 is 2.59 bits per heavy atom. The highest BCUT2D eigenvalue weighted by Crippen LogP contribution is 2.48. The summed E-state index contributed by atoms with van der Waals surface area (Å²) in [5.41, 5.74) is 7.99. The Morgan fingerprint density at radius 1 is 1.14 bits per heavy atom. The molecular formula is C18H24N2O2. The second-order valence-electron chi connectivity index (χ2n) is 6.71. The van der Waals surface area contributed by atoms with Crippen molar-refractivity contribution in [2.45, 2.75) is 51.0 Å². The standard InChI is InChI=1S/C18H24N2O2/c1-11-6-2-3-7-12(11)14-10-15(14)18(22)20-16-9-5-4-8-13(16)17(19)21/h2-3,6-7,13-16H,4-5,8-10H2,1H3,(H2,19,21)(H,20,22)/t13-,14-,15-,16+/m0/s1. The maximum atomic E-state index is 12.5. The quantitative estimate of drug-likeness (QED) is 0.895. The maximum absolute atomic E-state index is 12.5. The SMILES string of the molecule is Cc1ccccc1[C@@H]1C[C@@H]1C(=O)N[C@@H]1CCCC[C@@H]1C(N)=O. The fraction of sp³-hybridized carbons (Fsp3) is 0.556. The van der Waals surface area contributed by atoms with Gasteiger partial charge in [0.1, 0.15) is 0 Å². The van der Waals surface area contributed by atoms with Crippen molar-refractivity contribution in [3.05, 3.63) is 35.4 Å². The summed E-state index contributed by atoms with van der Waals surface area (Å²) in [5, 5.41) is 3.09. The van der Waals surface area contributed by atoms with Crippen molar-refractivity contribution in [3.63, 3.8) is 0 Å². The van der Waals surface area contributed by atoms with Crippen molar-refractivity contribution in [2.75, 3.05) is 0 Å². The summed E-state index contributed by atoms with van der Waals surface area (Å²) in [7, 11) is 0. The number of carbonyl (C=O) groups excluding carboxylic acids is 2. The van der Waals surface area contributed by atoms with E-state index in [9.17, 15) is 9.59 Å². The van der Waals surface area contributed by atoms with Gasteiger partial charge in [0.05, 0.1) is 5.92 Å². The van der Waals surface area contributed by atoms with Gasteiger partial charge in [-0.2, -0.15) is 0 Å². The first-order valence-corrected chi connectivity index (χ1v) is 8.23. The molecule has 2 aliphatic carbocycles. The van der Waals surface area contributed by atoms with Crippen LogP contribution in [0.3, 0.4) is 0 Å². The predicted molar refractivity (Wildman–Crippen MR) is 85.1 cm³/mol. The fourth-order valence-electron chi connectivity index (χ4n) is 3.77. The lowest BCUT2D eigenvalue weighted by molar-refractivity contribution is -0.126. The van der Waals surface area contributed by atoms with Crippen LogP contribution in [0.2, 0.25) is 0 Å². The normalized spacial score (nSPS) is 30.6. The summed E-state index contributed by atoms with van der Waals surface area (Å²) < 4.78 is 0. The molecule has 0 unspecified atom stereocenters. The zero-order chi connectivity index (χ0) is 15.7. The molecule has 0 heterocycles. The van der Waals surface area contributed by atoms with E-state index in [1.165, 1.54) is 11.1 Å². The van der Waals surface area contributed by atoms with Gasteiger partial charge in [-0.1, -0.05) is 37.1 Å². The van der Waals surface area contributed by atoms with E-state index in [-0.39, 0.29) is 29.7 Å². The van der Waals surface area contributed by atoms with Crippen LogP contribution in [0.25, 0.3) is 0 Å². The first-order chi connectivity index (χ1) is 10.6. The Bertz CT molecular complexity index is 584. The summed E-state index contributed by atoms with van der Waals surface area (Å²) >= 11 is 0. The Balaban J connectivity index is 1.61. The molecule has 0 aromatic heterocycles. The first-order valence-electron chi connectivity index (χ1n) is 8.23. The molecule has 2 aliphatic rings. The van der Waals surface area contributed by atoms with Crippen molar-refractivity contribution in [2.24, 2.45) is 17.6 Å². The number of nitrogens with two attached hydrogens (primary N) is 1. The molecule has 1 aromatic carbocycles. The third-order valence-corrected chi connectivity index (χ3v) is 5.17. The monoisotopic (exact) mass is 300 g/mol. The van der Waals surface area contributed by atoms with Crippen molar-refractivity contribution < 1.29 is 9.59 Å². The Morgan fingerprint density at radius 2 is 1.86 bits per heavy atom. The number of amides is 2. The van der Waals surface area contributed by atoms with E-state index in [1.807, 2.05) is 12.1 Å². The topological polar surface area (TPSA) is 72.2 Å². The van der Waals surface area contributed by atoms with Crippen LogP contribution in [0.15, 0.2) is 24.3 Å². The van der Waals surface area contributed by atoms with Gasteiger partial charge >= 0.3 is 0 Å². The van der Waals surface area contributed by atoms with Gasteiger partial charge < -0.3 is 11.1 Å². The number of hydrogen-bond acceptors (Lipinski definition) is 2. The fourth-order valence-corrected chi connectivity index (χ4v) is 3.77. The van der Waals surface area contributed by atoms with Gasteiger partial charge in [-0.25, -0.2) is 0 Å². The van der Waals surface area contributed by atoms with Crippen molar-refractivity contribution in [3.8, 4) is 0 Å². The van der Waals surface area contributed by atoms with Crippen LogP contribution in [-0.4, -0.2) is 17.9 Å². The maximum Gasteiger partial charge on any atom is 0.223 e. The predicted octanol–water partition coefficient (Wildman–Crippen LogP) is 2.26. The average Bonchev–Trinajstić information content (AvgIpc) is 3.28. The number of benzene rings is 1. The van der Waals surface area contributed by atoms with E-state index in [0.29, 0.717) is 5.92 Å². The highest BCUT2D eigenvalue weighted by molar-refractivity contribution is 5.84. The molecule has 2 saturated carbocycles. The largest absolute Gasteiger partial charge is 0.369 e. The summed E-state index contributed by atoms with van der Waals surface area (Å²) in [5.74, 6) is -0.00983. The molecular weight excluding hydrogens is 276 g/mol. The molecule has 0 spiro atoms. The van der Waals surface area contributed by atoms with Gasteiger partial charge in [0, 0.05) is 12.0 Å². The third-order valence-electron chi connectivity index (χ3n) is 5.17. The minimum Gasteiger partial charge on any atom is -0.369 e. The molecule has 0 aliphatic heterocycles. The summed E-state index contributed by atoms with van der Waals surface area (Å²) in [6.07, 6.45) is 4.65. The molecule has 1 aromatic rings. The van der Waals surface area contributed by atoms with Crippen LogP contribution in [-0.2, 0) is 9.59 Å². The Hall–Kier alpha value is -1.84. The van der Waals surface area contributed by atoms with E-state index in [4.69, 9.17) is 5.73 Å². The minimum atomic E-state index is -0.281. The number of carbonyl (C=O) groups is 2. The van der Waals surface area contributed by atoms with Crippen LogP contribution < -0.4 is 11.1 Å². The molecule has 4 nitrogen and oxygen atoms in total. The highest BCUT2D eigenvalue weighted by Gasteiger charge is 2.45. The molecule has 0 saturated heterocycles. The summed E-state index contributed by atoms with van der Waals surface area (Å²) in [6.45, 7) is 2.09. The van der Waals surface area contributed by atoms with E-state index in [1.54, 1.807) is 0 Å². The van der Waals surface area contributed by atoms with Crippen LogP contribution >= 0.6 is 0 Å². The third kappa shape index (κ3) is 3.01. The lowest BCUT2D eigenvalue weighted by atomic mass is 9.84. The second-order valence-corrected chi connectivity index (χ2v) is 6.71. The zero-order valence-corrected chi connectivity index (χ0v) is 13.0. The number of aryl methyl sites for hydroxylation is 1. The molecule has 2 fully saturated rings. The van der Waals surface area contributed by atoms with Crippen LogP contribution in [0.1, 0.15) is 49.1 Å². The Kier molecular flexibility index (Phi) is 4.19. The minimum absolute atomic E-state index is 0.0524. The number of rotatable bonds is 4. The molecule has 118 valence electrons. The molecule has 3 rings (SSSR count). The van der Waals surface area contributed by atoms with E-state index >= 15 is 0 Å². The number of hydrogen-bond donors (Lipinski definition) is 2. The smallest absolute Gasteiger partial charge is 0.223 e. The van der Waals surface area contributed by atoms with Gasteiger partial charge in [-0.3, -0.25) is 9.59 Å². The summed E-state index contributed by atoms with van der Waals surface area (Å²) in [4.78, 5) is 24.0. The molecule has 0 bridgehead atoms. The van der Waals surface area contributed by atoms with Crippen molar-refractivity contribution in [1.82, 2.24) is 5.32 Å². The highest BCUT2D eigenvalue weighted by atomic mass is 16.2. The van der Waals surface area contributed by atoms with E-state index < -0.39 is 0 Å². The average molecular weight is 300 g/mol. The van der Waals surface area contributed by atoms with Crippen molar-refractivity contribution >= 4 is 11.8 Å². The van der Waals surface area contributed by atoms with E-state index in [2.05, 4.69) is 24.4 Å². The van der Waals surface area contributed by atoms with Gasteiger partial charge in [0.2, 0.25) is 11.8 Å². The lowest BCUT2D eigenvalue weighted by Crippen LogP contribution is -2.47. The Labute approximate surface area is 131 Å². The molecule has 2 amide bonds. The van der Waals surface area contributed by atoms with Crippen LogP contribution in [0.5, 0.6) is 0 Å². The zero-order valence-electron chi connectivity index (χ0n) is 13.0. The second kappa shape index (κ2) is 6.11. The molecule has 4 heteroatoms. The number of nitrogens with one attached hydrogen (secondary N) is 1. The molecule has 22 heavy (non-hydrogen) atoms. The summed E-state index contributed by atoms with van der Waals surface area (Å²) in [6, 6.07) is 8.18. The first kappa shape index (κ1) is 15.1. The molecule has 4 atom stereocenters. The molecule has 0 radical (unpaired) electrons. The lowest BCUT2D eigenvalue weighted by Gasteiger charge is -2.30. The van der Waals surface area contributed by atoms with Gasteiger partial charge in [-0.15, -0.1) is 0 Å². The van der Waals surface area contributed by atoms with Gasteiger partial charge in [0.25, 0.3) is 0 Å². The van der Waals surface area contributed by atoms with Crippen LogP contribution in [0, 0.1) is 18.8 Å². The van der Waals surface area contributed by atoms with Crippen LogP contribution in [0.4, 0.5) is 0 Å². The number of primary amides is 1. The van der Waals surface area contributed by atoms with E-state index in [0.717, 1.165) is 32.1 Å². The van der Waals surface area contributed by atoms with Crippen molar-refractivity contribution in [1.29, 1.82) is 0 Å².